The molecule has 3 rings (SSSR count). The molecule has 1 aliphatic heterocycles. The third-order valence-electron chi connectivity index (χ3n) is 3.06. The second-order valence-corrected chi connectivity index (χ2v) is 4.46. The van der Waals surface area contributed by atoms with Gasteiger partial charge in [-0.1, -0.05) is 0 Å². The van der Waals surface area contributed by atoms with E-state index in [0.29, 0.717) is 23.9 Å². The molecule has 2 aromatic rings. The van der Waals surface area contributed by atoms with E-state index in [1.54, 1.807) is 25.5 Å². The largest absolute Gasteiger partial charge is 0.437 e. The van der Waals surface area contributed by atoms with Crippen LogP contribution in [-0.2, 0) is 11.2 Å². The van der Waals surface area contributed by atoms with Crippen molar-refractivity contribution in [3.05, 3.63) is 36.2 Å². The van der Waals surface area contributed by atoms with Crippen molar-refractivity contribution >= 4 is 17.4 Å². The standard InChI is InChI=1S/C14H14N4O2/c1-15-12-7-16-8-14(18-12)20-10-3-4-11-9(6-10)2-5-13(19)17-11/h3-4,6-8H,2,5H2,1H3,(H,15,18)(H,17,19). The number of fused-ring (bicyclic) bond motifs is 1. The van der Waals surface area contributed by atoms with Crippen molar-refractivity contribution in [2.24, 2.45) is 0 Å². The van der Waals surface area contributed by atoms with Gasteiger partial charge in [0.1, 0.15) is 11.6 Å². The topological polar surface area (TPSA) is 76.1 Å². The molecule has 0 radical (unpaired) electrons. The molecule has 0 bridgehead atoms. The summed E-state index contributed by atoms with van der Waals surface area (Å²) in [6.07, 6.45) is 4.41. The predicted molar refractivity (Wildman–Crippen MR) is 75.0 cm³/mol. The van der Waals surface area contributed by atoms with Crippen LogP contribution in [0.4, 0.5) is 11.5 Å². The highest BCUT2D eigenvalue weighted by molar-refractivity contribution is 5.94. The summed E-state index contributed by atoms with van der Waals surface area (Å²) in [7, 11) is 1.77. The molecule has 0 fully saturated rings. The lowest BCUT2D eigenvalue weighted by Gasteiger charge is -2.17. The highest BCUT2D eigenvalue weighted by Crippen LogP contribution is 2.29. The second-order valence-electron chi connectivity index (χ2n) is 4.46. The van der Waals surface area contributed by atoms with Gasteiger partial charge in [-0.05, 0) is 30.2 Å². The van der Waals surface area contributed by atoms with Crippen molar-refractivity contribution in [3.8, 4) is 11.6 Å². The summed E-state index contributed by atoms with van der Waals surface area (Å²) in [5.41, 5.74) is 1.92. The van der Waals surface area contributed by atoms with Crippen molar-refractivity contribution in [2.75, 3.05) is 17.7 Å². The first-order valence-corrected chi connectivity index (χ1v) is 6.35. The average Bonchev–Trinajstić information content (AvgIpc) is 2.47. The number of anilines is 2. The molecule has 20 heavy (non-hydrogen) atoms. The Balaban J connectivity index is 1.82. The number of benzene rings is 1. The molecular formula is C14H14N4O2. The Morgan fingerprint density at radius 2 is 2.20 bits per heavy atom. The molecule has 0 atom stereocenters. The zero-order valence-electron chi connectivity index (χ0n) is 11.0. The third-order valence-corrected chi connectivity index (χ3v) is 3.06. The van der Waals surface area contributed by atoms with Crippen LogP contribution in [0.5, 0.6) is 11.6 Å². The number of carbonyl (C=O) groups excluding carboxylic acids is 1. The van der Waals surface area contributed by atoms with Crippen LogP contribution in [-0.4, -0.2) is 22.9 Å². The summed E-state index contributed by atoms with van der Waals surface area (Å²) < 4.78 is 5.69. The van der Waals surface area contributed by atoms with Crippen LogP contribution in [0.15, 0.2) is 30.6 Å². The van der Waals surface area contributed by atoms with Crippen molar-refractivity contribution in [2.45, 2.75) is 12.8 Å². The Bertz CT molecular complexity index is 657. The Morgan fingerprint density at radius 3 is 3.05 bits per heavy atom. The van der Waals surface area contributed by atoms with Gasteiger partial charge in [-0.15, -0.1) is 0 Å². The van der Waals surface area contributed by atoms with E-state index in [-0.39, 0.29) is 5.91 Å². The fourth-order valence-corrected chi connectivity index (χ4v) is 2.06. The highest BCUT2D eigenvalue weighted by Gasteiger charge is 2.15. The molecule has 2 N–H and O–H groups in total. The zero-order chi connectivity index (χ0) is 13.9. The number of hydrogen-bond acceptors (Lipinski definition) is 5. The lowest BCUT2D eigenvalue weighted by atomic mass is 10.0. The summed E-state index contributed by atoms with van der Waals surface area (Å²) in [5, 5.41) is 5.74. The molecule has 6 nitrogen and oxygen atoms in total. The minimum atomic E-state index is 0.0544. The summed E-state index contributed by atoms with van der Waals surface area (Å²) in [6.45, 7) is 0. The lowest BCUT2D eigenvalue weighted by molar-refractivity contribution is -0.116. The van der Waals surface area contributed by atoms with Gasteiger partial charge in [0.2, 0.25) is 11.8 Å². The van der Waals surface area contributed by atoms with Crippen LogP contribution in [0.2, 0.25) is 0 Å². The number of rotatable bonds is 3. The Hall–Kier alpha value is -2.63. The lowest BCUT2D eigenvalue weighted by Crippen LogP contribution is -2.18. The SMILES string of the molecule is CNc1cncc(Oc2ccc3c(c2)CCC(=O)N3)n1. The van der Waals surface area contributed by atoms with Crippen LogP contribution in [0.25, 0.3) is 0 Å². The number of carbonyl (C=O) groups is 1. The zero-order valence-corrected chi connectivity index (χ0v) is 11.0. The number of hydrogen-bond donors (Lipinski definition) is 2. The molecule has 1 aromatic heterocycles. The first-order valence-electron chi connectivity index (χ1n) is 6.35. The molecule has 6 heteroatoms. The van der Waals surface area contributed by atoms with Gasteiger partial charge in [0.25, 0.3) is 0 Å². The van der Waals surface area contributed by atoms with Crippen LogP contribution in [0.1, 0.15) is 12.0 Å². The van der Waals surface area contributed by atoms with Crippen molar-refractivity contribution < 1.29 is 9.53 Å². The normalized spacial score (nSPS) is 13.3. The van der Waals surface area contributed by atoms with Crippen molar-refractivity contribution in [1.82, 2.24) is 9.97 Å². The molecule has 1 aromatic carbocycles. The van der Waals surface area contributed by atoms with E-state index in [2.05, 4.69) is 20.6 Å². The molecule has 0 unspecified atom stereocenters. The number of nitrogens with one attached hydrogen (secondary N) is 2. The maximum Gasteiger partial charge on any atom is 0.239 e. The molecule has 0 spiro atoms. The summed E-state index contributed by atoms with van der Waals surface area (Å²) in [4.78, 5) is 19.6. The van der Waals surface area contributed by atoms with Gasteiger partial charge >= 0.3 is 0 Å². The molecule has 102 valence electrons. The smallest absolute Gasteiger partial charge is 0.239 e. The van der Waals surface area contributed by atoms with E-state index in [1.165, 1.54) is 0 Å². The quantitative estimate of drug-likeness (QED) is 0.894. The minimum Gasteiger partial charge on any atom is -0.437 e. The van der Waals surface area contributed by atoms with Crippen LogP contribution < -0.4 is 15.4 Å². The van der Waals surface area contributed by atoms with Crippen LogP contribution >= 0.6 is 0 Å². The van der Waals surface area contributed by atoms with Crippen molar-refractivity contribution in [1.29, 1.82) is 0 Å². The molecule has 0 aliphatic carbocycles. The summed E-state index contributed by atoms with van der Waals surface area (Å²) >= 11 is 0. The third kappa shape index (κ3) is 2.54. The second kappa shape index (κ2) is 5.16. The number of aryl methyl sites for hydroxylation is 1. The molecule has 0 saturated carbocycles. The molecule has 1 amide bonds. The van der Waals surface area contributed by atoms with E-state index in [0.717, 1.165) is 17.7 Å². The highest BCUT2D eigenvalue weighted by atomic mass is 16.5. The van der Waals surface area contributed by atoms with Crippen LogP contribution in [0.3, 0.4) is 0 Å². The van der Waals surface area contributed by atoms with Gasteiger partial charge in [-0.2, -0.15) is 4.98 Å². The molecule has 2 heterocycles. The Kier molecular flexibility index (Phi) is 3.20. The van der Waals surface area contributed by atoms with Gasteiger partial charge in [0, 0.05) is 19.2 Å². The maximum atomic E-state index is 11.3. The summed E-state index contributed by atoms with van der Waals surface area (Å²) in [6, 6.07) is 5.57. The number of amides is 1. The number of aromatic nitrogens is 2. The summed E-state index contributed by atoms with van der Waals surface area (Å²) in [5.74, 6) is 1.81. The molecular weight excluding hydrogens is 256 g/mol. The minimum absolute atomic E-state index is 0.0544. The molecule has 1 aliphatic rings. The predicted octanol–water partition coefficient (Wildman–Crippen LogP) is 2.20. The first-order chi connectivity index (χ1) is 9.74. The van der Waals surface area contributed by atoms with E-state index in [4.69, 9.17) is 4.74 Å². The number of ether oxygens (including phenoxy) is 1. The van der Waals surface area contributed by atoms with E-state index in [9.17, 15) is 4.79 Å². The maximum absolute atomic E-state index is 11.3. The van der Waals surface area contributed by atoms with Gasteiger partial charge in [0.15, 0.2) is 0 Å². The average molecular weight is 270 g/mol. The van der Waals surface area contributed by atoms with E-state index >= 15 is 0 Å². The van der Waals surface area contributed by atoms with Gasteiger partial charge < -0.3 is 15.4 Å². The van der Waals surface area contributed by atoms with Gasteiger partial charge in [-0.25, -0.2) is 0 Å². The fraction of sp³-hybridized carbons (Fsp3) is 0.214. The fourth-order valence-electron chi connectivity index (χ4n) is 2.06. The van der Waals surface area contributed by atoms with Gasteiger partial charge in [0.05, 0.1) is 12.4 Å². The van der Waals surface area contributed by atoms with Crippen LogP contribution in [0, 0.1) is 0 Å². The monoisotopic (exact) mass is 270 g/mol. The van der Waals surface area contributed by atoms with Gasteiger partial charge in [-0.3, -0.25) is 9.78 Å². The van der Waals surface area contributed by atoms with E-state index in [1.807, 2.05) is 12.1 Å². The number of nitrogens with zero attached hydrogens (tertiary/aromatic N) is 2. The Morgan fingerprint density at radius 1 is 1.30 bits per heavy atom. The Labute approximate surface area is 116 Å². The van der Waals surface area contributed by atoms with E-state index < -0.39 is 0 Å². The first kappa shape index (κ1) is 12.4. The molecule has 0 saturated heterocycles. The van der Waals surface area contributed by atoms with Crippen molar-refractivity contribution in [3.63, 3.8) is 0 Å².